The number of rotatable bonds is 3. The van der Waals surface area contributed by atoms with Gasteiger partial charge in [-0.15, -0.1) is 0 Å². The molecule has 2 heterocycles. The fourth-order valence-corrected chi connectivity index (χ4v) is 2.44. The molecule has 0 saturated carbocycles. The second-order valence-electron chi connectivity index (χ2n) is 5.62. The predicted molar refractivity (Wildman–Crippen MR) is 70.7 cm³/mol. The highest BCUT2D eigenvalue weighted by molar-refractivity contribution is 5.97. The van der Waals surface area contributed by atoms with E-state index in [4.69, 9.17) is 0 Å². The van der Waals surface area contributed by atoms with Crippen LogP contribution in [0.1, 0.15) is 36.5 Å². The molecule has 4 heteroatoms. The lowest BCUT2D eigenvalue weighted by molar-refractivity contribution is 0.0444. The Morgan fingerprint density at radius 3 is 2.89 bits per heavy atom. The molecule has 18 heavy (non-hydrogen) atoms. The van der Waals surface area contributed by atoms with Crippen LogP contribution in [0.25, 0.3) is 0 Å². The molecule has 0 amide bonds. The van der Waals surface area contributed by atoms with E-state index in [1.165, 1.54) is 0 Å². The fraction of sp³-hybridized carbons (Fsp3) is 0.643. The van der Waals surface area contributed by atoms with Crippen molar-refractivity contribution in [3.63, 3.8) is 0 Å². The van der Waals surface area contributed by atoms with Gasteiger partial charge in [0.2, 0.25) is 0 Å². The zero-order chi connectivity index (χ0) is 13.2. The van der Waals surface area contributed by atoms with Gasteiger partial charge in [0.05, 0.1) is 12.1 Å². The summed E-state index contributed by atoms with van der Waals surface area (Å²) >= 11 is 0. The van der Waals surface area contributed by atoms with Crippen molar-refractivity contribution in [3.8, 4) is 0 Å². The van der Waals surface area contributed by atoms with Crippen LogP contribution < -0.4 is 0 Å². The first-order chi connectivity index (χ1) is 8.46. The van der Waals surface area contributed by atoms with Crippen molar-refractivity contribution in [2.45, 2.75) is 31.8 Å². The van der Waals surface area contributed by atoms with E-state index < -0.39 is 5.60 Å². The molecule has 0 spiro atoms. The van der Waals surface area contributed by atoms with E-state index in [-0.39, 0.29) is 5.78 Å². The predicted octanol–water partition coefficient (Wildman–Crippen LogP) is 1.44. The Balaban J connectivity index is 1.91. The third-order valence-corrected chi connectivity index (χ3v) is 3.68. The van der Waals surface area contributed by atoms with Crippen LogP contribution in [0.15, 0.2) is 18.5 Å². The molecule has 100 valence electrons. The summed E-state index contributed by atoms with van der Waals surface area (Å²) < 4.78 is 1.89. The van der Waals surface area contributed by atoms with Gasteiger partial charge in [0.25, 0.3) is 0 Å². The summed E-state index contributed by atoms with van der Waals surface area (Å²) in [5.41, 5.74) is 0.207. The van der Waals surface area contributed by atoms with Gasteiger partial charge in [-0.2, -0.15) is 0 Å². The average Bonchev–Trinajstić information content (AvgIpc) is 2.65. The summed E-state index contributed by atoms with van der Waals surface area (Å²) in [5.74, 6) is 0.164. The van der Waals surface area contributed by atoms with Gasteiger partial charge < -0.3 is 9.67 Å². The number of hydrogen-bond acceptors (Lipinski definition) is 3. The number of carbonyl (C=O) groups is 1. The third-order valence-electron chi connectivity index (χ3n) is 3.68. The van der Waals surface area contributed by atoms with Crippen LogP contribution in [-0.4, -0.2) is 45.6 Å². The monoisotopic (exact) mass is 250 g/mol. The zero-order valence-electron chi connectivity index (χ0n) is 11.2. The molecule has 0 bridgehead atoms. The van der Waals surface area contributed by atoms with Crippen LogP contribution in [0.4, 0.5) is 0 Å². The van der Waals surface area contributed by atoms with Crippen molar-refractivity contribution in [1.29, 1.82) is 0 Å². The maximum Gasteiger partial charge on any atom is 0.178 e. The standard InChI is InChI=1S/C14H22N2O2/c1-14(18)5-3-7-16(9-6-14)11-13(17)12-4-8-15(2)10-12/h4,8,10,18H,3,5-7,9,11H2,1-2H3. The van der Waals surface area contributed by atoms with Crippen LogP contribution in [0.5, 0.6) is 0 Å². The number of nitrogens with zero attached hydrogens (tertiary/aromatic N) is 2. The molecule has 0 aliphatic carbocycles. The topological polar surface area (TPSA) is 45.5 Å². The highest BCUT2D eigenvalue weighted by Gasteiger charge is 2.25. The number of ketones is 1. The van der Waals surface area contributed by atoms with Crippen LogP contribution >= 0.6 is 0 Å². The van der Waals surface area contributed by atoms with Gasteiger partial charge in [-0.3, -0.25) is 9.69 Å². The molecule has 1 N–H and O–H groups in total. The van der Waals surface area contributed by atoms with Crippen molar-refractivity contribution in [2.24, 2.45) is 7.05 Å². The van der Waals surface area contributed by atoms with Crippen LogP contribution in [0.3, 0.4) is 0 Å². The minimum atomic E-state index is -0.565. The van der Waals surface area contributed by atoms with Gasteiger partial charge in [-0.25, -0.2) is 0 Å². The van der Waals surface area contributed by atoms with Crippen LogP contribution in [0, 0.1) is 0 Å². The van der Waals surface area contributed by atoms with E-state index in [1.54, 1.807) is 0 Å². The van der Waals surface area contributed by atoms with E-state index in [1.807, 2.05) is 37.0 Å². The van der Waals surface area contributed by atoms with Gasteiger partial charge in [-0.05, 0) is 38.8 Å². The Kier molecular flexibility index (Phi) is 3.88. The summed E-state index contributed by atoms with van der Waals surface area (Å²) in [6, 6.07) is 1.86. The highest BCUT2D eigenvalue weighted by Crippen LogP contribution is 2.21. The molecule has 0 aromatic carbocycles. The first-order valence-electron chi connectivity index (χ1n) is 6.56. The quantitative estimate of drug-likeness (QED) is 0.826. The largest absolute Gasteiger partial charge is 0.390 e. The maximum absolute atomic E-state index is 12.1. The molecule has 1 aliphatic rings. The maximum atomic E-state index is 12.1. The molecular formula is C14H22N2O2. The number of aromatic nitrogens is 1. The molecular weight excluding hydrogens is 228 g/mol. The average molecular weight is 250 g/mol. The van der Waals surface area contributed by atoms with Gasteiger partial charge in [0, 0.05) is 31.5 Å². The number of aryl methyl sites for hydroxylation is 1. The summed E-state index contributed by atoms with van der Waals surface area (Å²) in [5, 5.41) is 10.0. The van der Waals surface area contributed by atoms with Crippen molar-refractivity contribution in [3.05, 3.63) is 24.0 Å². The third kappa shape index (κ3) is 3.43. The molecule has 0 radical (unpaired) electrons. The van der Waals surface area contributed by atoms with E-state index >= 15 is 0 Å². The smallest absolute Gasteiger partial charge is 0.178 e. The van der Waals surface area contributed by atoms with Crippen molar-refractivity contribution >= 4 is 5.78 Å². The Morgan fingerprint density at radius 2 is 2.22 bits per heavy atom. The van der Waals surface area contributed by atoms with Gasteiger partial charge >= 0.3 is 0 Å². The Bertz CT molecular complexity index is 423. The first kappa shape index (κ1) is 13.3. The fourth-order valence-electron chi connectivity index (χ4n) is 2.44. The molecule has 1 fully saturated rings. The van der Waals surface area contributed by atoms with E-state index in [2.05, 4.69) is 4.90 Å². The van der Waals surface area contributed by atoms with Crippen LogP contribution in [-0.2, 0) is 7.05 Å². The molecule has 1 aromatic heterocycles. The Labute approximate surface area is 108 Å². The summed E-state index contributed by atoms with van der Waals surface area (Å²) in [6.45, 7) is 4.04. The summed E-state index contributed by atoms with van der Waals surface area (Å²) in [6.07, 6.45) is 6.27. The van der Waals surface area contributed by atoms with Crippen molar-refractivity contribution in [2.75, 3.05) is 19.6 Å². The Morgan fingerprint density at radius 1 is 1.44 bits per heavy atom. The normalized spacial score (nSPS) is 25.9. The molecule has 1 aliphatic heterocycles. The van der Waals surface area contributed by atoms with Gasteiger partial charge in [0.15, 0.2) is 5.78 Å². The molecule has 1 atom stereocenters. The molecule has 4 nitrogen and oxygen atoms in total. The Hall–Kier alpha value is -1.13. The van der Waals surface area contributed by atoms with Crippen molar-refractivity contribution in [1.82, 2.24) is 9.47 Å². The number of carbonyl (C=O) groups excluding carboxylic acids is 1. The summed E-state index contributed by atoms with van der Waals surface area (Å²) in [4.78, 5) is 14.2. The molecule has 1 unspecified atom stereocenters. The zero-order valence-corrected chi connectivity index (χ0v) is 11.2. The van der Waals surface area contributed by atoms with Gasteiger partial charge in [-0.1, -0.05) is 0 Å². The van der Waals surface area contributed by atoms with E-state index in [0.29, 0.717) is 6.54 Å². The molecule has 1 saturated heterocycles. The van der Waals surface area contributed by atoms with Gasteiger partial charge in [0.1, 0.15) is 0 Å². The number of aliphatic hydroxyl groups is 1. The minimum Gasteiger partial charge on any atom is -0.390 e. The molecule has 2 rings (SSSR count). The lowest BCUT2D eigenvalue weighted by Gasteiger charge is -2.21. The van der Waals surface area contributed by atoms with E-state index in [0.717, 1.165) is 37.9 Å². The second kappa shape index (κ2) is 5.24. The van der Waals surface area contributed by atoms with Crippen LogP contribution in [0.2, 0.25) is 0 Å². The number of hydrogen-bond donors (Lipinski definition) is 1. The molecule has 1 aromatic rings. The number of Topliss-reactive ketones (excluding diaryl/α,β-unsaturated/α-hetero) is 1. The highest BCUT2D eigenvalue weighted by atomic mass is 16.3. The number of likely N-dealkylation sites (tertiary alicyclic amines) is 1. The lowest BCUT2D eigenvalue weighted by atomic mass is 9.98. The lowest BCUT2D eigenvalue weighted by Crippen LogP contribution is -2.32. The summed E-state index contributed by atoms with van der Waals surface area (Å²) in [7, 11) is 1.92. The minimum absolute atomic E-state index is 0.164. The SMILES string of the molecule is Cn1ccc(C(=O)CN2CCCC(C)(O)CC2)c1. The van der Waals surface area contributed by atoms with Crippen molar-refractivity contribution < 1.29 is 9.90 Å². The first-order valence-corrected chi connectivity index (χ1v) is 6.56. The second-order valence-corrected chi connectivity index (χ2v) is 5.62. The van der Waals surface area contributed by atoms with E-state index in [9.17, 15) is 9.90 Å².